The molecule has 280 valence electrons. The van der Waals surface area contributed by atoms with Crippen molar-refractivity contribution in [3.05, 3.63) is 76.1 Å². The fourth-order valence-corrected chi connectivity index (χ4v) is 12.5. The SMILES string of the molecule is C/C=C1\CN(C)[C@H]2Cc3c([nH]c4ccccc34)[C@H](c3c(O)ccc4c5c([nH]c34)[C@]3(C(=O)OC)C[C@@H]4C[C@H](CC)[C@@H]3N(CC5)C4)C[C@H]1[C@]2(CO)C(=O)OC. The largest absolute Gasteiger partial charge is 0.508 e. The van der Waals surface area contributed by atoms with Crippen molar-refractivity contribution in [1.82, 2.24) is 19.8 Å². The third kappa shape index (κ3) is 4.55. The highest BCUT2D eigenvalue weighted by Crippen LogP contribution is 2.58. The summed E-state index contributed by atoms with van der Waals surface area (Å²) in [5.74, 6) is -0.413. The third-order valence-electron chi connectivity index (χ3n) is 14.6. The van der Waals surface area contributed by atoms with Gasteiger partial charge in [0.1, 0.15) is 16.6 Å². The number of piperidine rings is 3. The van der Waals surface area contributed by atoms with Crippen molar-refractivity contribution >= 4 is 33.7 Å². The average molecular weight is 721 g/mol. The summed E-state index contributed by atoms with van der Waals surface area (Å²) in [5.41, 5.74) is 5.72. The number of aliphatic hydroxyl groups is 1. The molecule has 3 saturated heterocycles. The summed E-state index contributed by atoms with van der Waals surface area (Å²) in [6.45, 7) is 6.40. The number of nitrogens with zero attached hydrogens (tertiary/aromatic N) is 2. The van der Waals surface area contributed by atoms with Gasteiger partial charge in [-0.15, -0.1) is 0 Å². The van der Waals surface area contributed by atoms with E-state index in [0.29, 0.717) is 31.2 Å². The van der Waals surface area contributed by atoms with Gasteiger partial charge in [-0.25, -0.2) is 0 Å². The van der Waals surface area contributed by atoms with E-state index in [-0.39, 0.29) is 42.2 Å². The lowest BCUT2D eigenvalue weighted by Crippen LogP contribution is -2.67. The number of ether oxygens (including phenoxy) is 2. The number of aromatic hydroxyl groups is 1. The Labute approximate surface area is 310 Å². The van der Waals surface area contributed by atoms with Gasteiger partial charge in [-0.1, -0.05) is 43.2 Å². The van der Waals surface area contributed by atoms with Crippen LogP contribution in [-0.4, -0.2) is 102 Å². The number of esters is 2. The number of carbonyl (C=O) groups is 2. The predicted molar refractivity (Wildman–Crippen MR) is 203 cm³/mol. The normalized spacial score (nSPS) is 34.3. The summed E-state index contributed by atoms with van der Waals surface area (Å²) < 4.78 is 11.3. The van der Waals surface area contributed by atoms with Crippen molar-refractivity contribution in [2.75, 3.05) is 47.5 Å². The van der Waals surface area contributed by atoms with Crippen LogP contribution in [0.25, 0.3) is 21.8 Å². The van der Waals surface area contributed by atoms with Crippen LogP contribution < -0.4 is 0 Å². The van der Waals surface area contributed by atoms with Crippen molar-refractivity contribution < 1.29 is 29.3 Å². The Bertz CT molecular complexity index is 2170. The van der Waals surface area contributed by atoms with E-state index in [9.17, 15) is 19.8 Å². The molecule has 0 spiro atoms. The number of aromatic amines is 2. The Kier molecular flexibility index (Phi) is 8.15. The smallest absolute Gasteiger partial charge is 0.319 e. The summed E-state index contributed by atoms with van der Waals surface area (Å²) in [7, 11) is 4.96. The van der Waals surface area contributed by atoms with E-state index < -0.39 is 16.8 Å². The van der Waals surface area contributed by atoms with Crippen LogP contribution in [0.4, 0.5) is 0 Å². The van der Waals surface area contributed by atoms with Crippen LogP contribution in [0.15, 0.2) is 48.0 Å². The third-order valence-corrected chi connectivity index (χ3v) is 14.6. The van der Waals surface area contributed by atoms with E-state index in [1.807, 2.05) is 38.2 Å². The highest BCUT2D eigenvalue weighted by Gasteiger charge is 2.63. The number of hydrogen-bond acceptors (Lipinski definition) is 8. The lowest BCUT2D eigenvalue weighted by atomic mass is 9.56. The second-order valence-electron chi connectivity index (χ2n) is 16.6. The zero-order valence-corrected chi connectivity index (χ0v) is 31.5. The number of rotatable bonds is 5. The molecular weight excluding hydrogens is 668 g/mol. The van der Waals surface area contributed by atoms with E-state index in [2.05, 4.69) is 44.9 Å². The maximum absolute atomic E-state index is 14.4. The van der Waals surface area contributed by atoms with Crippen LogP contribution in [0.1, 0.15) is 73.5 Å². The molecule has 4 aromatic rings. The molecule has 2 aliphatic carbocycles. The molecule has 0 amide bonds. The summed E-state index contributed by atoms with van der Waals surface area (Å²) in [6.07, 6.45) is 6.71. The molecule has 10 nitrogen and oxygen atoms in total. The first kappa shape index (κ1) is 34.6. The topological polar surface area (TPSA) is 131 Å². The van der Waals surface area contributed by atoms with Crippen molar-refractivity contribution in [2.24, 2.45) is 23.2 Å². The van der Waals surface area contributed by atoms with Crippen LogP contribution >= 0.6 is 0 Å². The number of H-pyrrole nitrogens is 2. The lowest BCUT2D eigenvalue weighted by molar-refractivity contribution is -0.169. The molecular formula is C43H52N4O6. The highest BCUT2D eigenvalue weighted by molar-refractivity contribution is 5.95. The first-order valence-corrected chi connectivity index (χ1v) is 19.5. The monoisotopic (exact) mass is 720 g/mol. The highest BCUT2D eigenvalue weighted by atomic mass is 16.5. The molecule has 1 saturated carbocycles. The number of nitrogens with one attached hydrogen (secondary N) is 2. The Balaban J connectivity index is 1.33. The summed E-state index contributed by atoms with van der Waals surface area (Å²) in [4.78, 5) is 41.0. The number of likely N-dealkylation sites (N-methyl/N-ethyl adjacent to an activating group) is 1. The Morgan fingerprint density at radius 1 is 1.04 bits per heavy atom. The van der Waals surface area contributed by atoms with Gasteiger partial charge in [-0.3, -0.25) is 19.4 Å². The minimum atomic E-state index is -1.23. The van der Waals surface area contributed by atoms with Gasteiger partial charge < -0.3 is 29.7 Å². The number of phenols is 1. The summed E-state index contributed by atoms with van der Waals surface area (Å²) in [5, 5.41) is 25.7. The number of aliphatic hydroxyl groups excluding tert-OH is 1. The minimum Gasteiger partial charge on any atom is -0.508 e. The molecule has 4 N–H and O–H groups in total. The van der Waals surface area contributed by atoms with Crippen molar-refractivity contribution in [1.29, 1.82) is 0 Å². The van der Waals surface area contributed by atoms with Gasteiger partial charge in [-0.05, 0) is 87.2 Å². The average Bonchev–Trinajstić information content (AvgIpc) is 3.71. The Morgan fingerprint density at radius 2 is 1.83 bits per heavy atom. The number of benzene rings is 2. The molecule has 4 fully saturated rings. The number of allylic oxidation sites excluding steroid dienone is 1. The standard InChI is InChI=1S/C43H52N4O6/c1-6-24-16-23-19-42(40(50)52-4)38-28(14-15-47(20-23)39(24)42)27-12-13-33(49)35(37(27)45-38)30-17-31-25(7-2)21-46(3)34(43(31,22-48)41(51)53-5)18-29-26-10-8-9-11-32(26)44-36(29)30/h7-13,23-24,30-31,34,39,44-45,48-49H,6,14-22H2,1-5H3/b25-7+/t23-,24-,30-,31+,34-,39-,42+,43-/m0/s1. The van der Waals surface area contributed by atoms with Gasteiger partial charge in [0.2, 0.25) is 0 Å². The number of hydrogen-bond donors (Lipinski definition) is 4. The molecule has 6 bridgehead atoms. The first-order chi connectivity index (χ1) is 25.7. The van der Waals surface area contributed by atoms with Gasteiger partial charge in [0.15, 0.2) is 0 Å². The van der Waals surface area contributed by atoms with Crippen LogP contribution in [0, 0.1) is 23.2 Å². The molecule has 6 aliphatic rings. The fourth-order valence-electron chi connectivity index (χ4n) is 12.5. The molecule has 1 unspecified atom stereocenters. The molecule has 9 atom stereocenters. The number of methoxy groups -OCH3 is 2. The van der Waals surface area contributed by atoms with Crippen LogP contribution in [0.3, 0.4) is 0 Å². The second-order valence-corrected chi connectivity index (χ2v) is 16.6. The molecule has 0 radical (unpaired) electrons. The molecule has 10 rings (SSSR count). The van der Waals surface area contributed by atoms with Crippen molar-refractivity contribution in [2.45, 2.75) is 75.8 Å². The Hall–Kier alpha value is -4.12. The summed E-state index contributed by atoms with van der Waals surface area (Å²) in [6, 6.07) is 11.8. The predicted octanol–water partition coefficient (Wildman–Crippen LogP) is 5.55. The lowest BCUT2D eigenvalue weighted by Gasteiger charge is -2.57. The van der Waals surface area contributed by atoms with E-state index in [1.54, 1.807) is 0 Å². The molecule has 4 aliphatic heterocycles. The number of fused-ring (bicyclic) bond motifs is 9. The number of likely N-dealkylation sites (tertiary alicyclic amines) is 1. The van der Waals surface area contributed by atoms with Gasteiger partial charge in [-0.2, -0.15) is 0 Å². The second kappa shape index (κ2) is 12.5. The molecule has 6 heterocycles. The fraction of sp³-hybridized carbons (Fsp3) is 0.535. The number of para-hydroxylation sites is 1. The van der Waals surface area contributed by atoms with E-state index in [0.717, 1.165) is 94.2 Å². The zero-order chi connectivity index (χ0) is 37.0. The molecule has 2 aromatic carbocycles. The van der Waals surface area contributed by atoms with E-state index >= 15 is 0 Å². The van der Waals surface area contributed by atoms with Gasteiger partial charge in [0.25, 0.3) is 0 Å². The number of carbonyl (C=O) groups excluding carboxylic acids is 2. The van der Waals surface area contributed by atoms with Gasteiger partial charge >= 0.3 is 11.9 Å². The van der Waals surface area contributed by atoms with Crippen LogP contribution in [-0.2, 0) is 37.3 Å². The van der Waals surface area contributed by atoms with Gasteiger partial charge in [0.05, 0.1) is 26.3 Å². The van der Waals surface area contributed by atoms with E-state index in [4.69, 9.17) is 9.47 Å². The van der Waals surface area contributed by atoms with E-state index in [1.165, 1.54) is 14.2 Å². The van der Waals surface area contributed by atoms with Crippen molar-refractivity contribution in [3.63, 3.8) is 0 Å². The van der Waals surface area contributed by atoms with Crippen molar-refractivity contribution in [3.8, 4) is 5.75 Å². The molecule has 53 heavy (non-hydrogen) atoms. The minimum absolute atomic E-state index is 0.0386. The van der Waals surface area contributed by atoms with Crippen LogP contribution in [0.2, 0.25) is 0 Å². The first-order valence-electron chi connectivity index (χ1n) is 19.5. The maximum atomic E-state index is 14.4. The maximum Gasteiger partial charge on any atom is 0.319 e. The Morgan fingerprint density at radius 3 is 2.57 bits per heavy atom. The zero-order valence-electron chi connectivity index (χ0n) is 31.5. The number of phenolic OH excluding ortho intramolecular Hbond substituents is 1. The molecule has 2 aromatic heterocycles. The molecule has 10 heteroatoms. The quantitative estimate of drug-likeness (QED) is 0.156. The van der Waals surface area contributed by atoms with Gasteiger partial charge in [0, 0.05) is 76.8 Å². The number of aromatic nitrogens is 2. The summed E-state index contributed by atoms with van der Waals surface area (Å²) >= 11 is 0. The van der Waals surface area contributed by atoms with Crippen LogP contribution in [0.5, 0.6) is 5.75 Å².